The number of anilines is 2. The van der Waals surface area contributed by atoms with Gasteiger partial charge in [-0.3, -0.25) is 4.57 Å². The van der Waals surface area contributed by atoms with Gasteiger partial charge >= 0.3 is 0 Å². The summed E-state index contributed by atoms with van der Waals surface area (Å²) in [6, 6.07) is 8.97. The Labute approximate surface area is 172 Å². The molecule has 0 spiro atoms. The highest BCUT2D eigenvalue weighted by Gasteiger charge is 2.30. The van der Waals surface area contributed by atoms with Gasteiger partial charge in [0.25, 0.3) is 0 Å². The maximum atomic E-state index is 11.2. The van der Waals surface area contributed by atoms with Gasteiger partial charge in [-0.1, -0.05) is 11.2 Å². The van der Waals surface area contributed by atoms with Crippen LogP contribution in [0, 0.1) is 6.92 Å². The van der Waals surface area contributed by atoms with E-state index in [0.717, 1.165) is 11.0 Å². The third-order valence-corrected chi connectivity index (χ3v) is 4.82. The number of ether oxygens (including phenoxy) is 1. The Kier molecular flexibility index (Phi) is 5.10. The minimum Gasteiger partial charge on any atom is -0.383 e. The molecule has 156 valence electrons. The Balaban J connectivity index is 1.87. The number of benzene rings is 1. The second-order valence-electron chi connectivity index (χ2n) is 7.06. The summed E-state index contributed by atoms with van der Waals surface area (Å²) in [5.74, 6) is 1.91. The molecule has 3 heterocycles. The number of aliphatic hydroxyl groups is 1. The molecule has 4 aromatic rings. The van der Waals surface area contributed by atoms with Crippen LogP contribution in [0.5, 0.6) is 0 Å². The van der Waals surface area contributed by atoms with Crippen molar-refractivity contribution in [1.82, 2.24) is 24.7 Å². The molecule has 0 saturated carbocycles. The number of rotatable bonds is 7. The van der Waals surface area contributed by atoms with Crippen LogP contribution in [0.25, 0.3) is 16.9 Å². The van der Waals surface area contributed by atoms with Crippen LogP contribution in [0.15, 0.2) is 41.1 Å². The first-order valence-corrected chi connectivity index (χ1v) is 9.41. The van der Waals surface area contributed by atoms with E-state index in [1.165, 1.54) is 0 Å². The van der Waals surface area contributed by atoms with Gasteiger partial charge in [0, 0.05) is 32.0 Å². The van der Waals surface area contributed by atoms with Gasteiger partial charge in [-0.05, 0) is 31.5 Å². The van der Waals surface area contributed by atoms with Crippen molar-refractivity contribution in [3.05, 3.63) is 53.5 Å². The van der Waals surface area contributed by atoms with Crippen molar-refractivity contribution in [2.45, 2.75) is 19.4 Å². The summed E-state index contributed by atoms with van der Waals surface area (Å²) in [5.41, 5.74) is 6.98. The smallest absolute Gasteiger partial charge is 0.221 e. The lowest BCUT2D eigenvalue weighted by atomic mass is 9.92. The van der Waals surface area contributed by atoms with Crippen molar-refractivity contribution in [1.29, 1.82) is 0 Å². The zero-order valence-electron chi connectivity index (χ0n) is 17.0. The normalized spacial score (nSPS) is 13.5. The van der Waals surface area contributed by atoms with Crippen molar-refractivity contribution in [3.8, 4) is 5.82 Å². The number of nitrogens with two attached hydrogens (primary N) is 1. The van der Waals surface area contributed by atoms with Gasteiger partial charge in [-0.25, -0.2) is 9.97 Å². The van der Waals surface area contributed by atoms with E-state index in [1.54, 1.807) is 39.3 Å². The number of fused-ring (bicyclic) bond motifs is 1. The fourth-order valence-electron chi connectivity index (χ4n) is 3.23. The summed E-state index contributed by atoms with van der Waals surface area (Å²) >= 11 is 0. The summed E-state index contributed by atoms with van der Waals surface area (Å²) < 4.78 is 12.1. The number of nitrogens with one attached hydrogen (secondary N) is 1. The number of aryl methyl sites for hydroxylation is 1. The molecule has 10 heteroatoms. The van der Waals surface area contributed by atoms with Crippen LogP contribution in [0.1, 0.15) is 23.9 Å². The second-order valence-corrected chi connectivity index (χ2v) is 7.06. The van der Waals surface area contributed by atoms with Gasteiger partial charge in [0.15, 0.2) is 0 Å². The first-order valence-electron chi connectivity index (χ1n) is 9.41. The summed E-state index contributed by atoms with van der Waals surface area (Å²) in [7, 11) is 1.63. The van der Waals surface area contributed by atoms with Gasteiger partial charge in [0.2, 0.25) is 11.9 Å². The topological polar surface area (TPSA) is 137 Å². The molecule has 0 bridgehead atoms. The lowest BCUT2D eigenvalue weighted by Gasteiger charge is -2.21. The number of methoxy groups -OCH3 is 1. The number of hydrogen-bond acceptors (Lipinski definition) is 9. The Morgan fingerprint density at radius 1 is 1.27 bits per heavy atom. The minimum atomic E-state index is -1.35. The van der Waals surface area contributed by atoms with Crippen molar-refractivity contribution in [2.75, 3.05) is 31.3 Å². The highest BCUT2D eigenvalue weighted by molar-refractivity contribution is 5.82. The molecule has 1 aromatic carbocycles. The zero-order valence-corrected chi connectivity index (χ0v) is 17.0. The second kappa shape index (κ2) is 7.73. The first-order chi connectivity index (χ1) is 14.4. The van der Waals surface area contributed by atoms with Crippen LogP contribution >= 0.6 is 0 Å². The number of nitrogen functional groups attached to an aromatic ring is 1. The lowest BCUT2D eigenvalue weighted by Crippen LogP contribution is -2.23. The quantitative estimate of drug-likeness (QED) is 0.391. The largest absolute Gasteiger partial charge is 0.383 e. The van der Waals surface area contributed by atoms with Crippen LogP contribution in [0.4, 0.5) is 11.9 Å². The number of aromatic nitrogens is 5. The molecule has 10 nitrogen and oxygen atoms in total. The summed E-state index contributed by atoms with van der Waals surface area (Å²) in [5, 5.41) is 18.4. The molecule has 0 aliphatic heterocycles. The van der Waals surface area contributed by atoms with Gasteiger partial charge in [0.1, 0.15) is 22.9 Å². The predicted octanol–water partition coefficient (Wildman–Crippen LogP) is 2.01. The maximum Gasteiger partial charge on any atom is 0.221 e. The molecule has 0 saturated heterocycles. The molecule has 30 heavy (non-hydrogen) atoms. The fourth-order valence-corrected chi connectivity index (χ4v) is 3.23. The van der Waals surface area contributed by atoms with E-state index >= 15 is 0 Å². The van der Waals surface area contributed by atoms with Crippen LogP contribution < -0.4 is 11.1 Å². The molecule has 4 N–H and O–H groups in total. The molecular formula is C20H23N7O3. The van der Waals surface area contributed by atoms with E-state index in [4.69, 9.17) is 15.0 Å². The minimum absolute atomic E-state index is 0.151. The van der Waals surface area contributed by atoms with E-state index < -0.39 is 5.60 Å². The maximum absolute atomic E-state index is 11.2. The van der Waals surface area contributed by atoms with Gasteiger partial charge in [-0.2, -0.15) is 4.98 Å². The van der Waals surface area contributed by atoms with Crippen molar-refractivity contribution in [2.24, 2.45) is 0 Å². The molecule has 0 aliphatic carbocycles. The van der Waals surface area contributed by atoms with Crippen LogP contribution in [-0.2, 0) is 10.3 Å². The molecule has 1 atom stereocenters. The van der Waals surface area contributed by atoms with Gasteiger partial charge in [-0.15, -0.1) is 0 Å². The summed E-state index contributed by atoms with van der Waals surface area (Å²) in [4.78, 5) is 13.0. The van der Waals surface area contributed by atoms with E-state index in [1.807, 2.05) is 22.8 Å². The zero-order chi connectivity index (χ0) is 21.3. The Bertz CT molecular complexity index is 1180. The molecule has 0 amide bonds. The van der Waals surface area contributed by atoms with Gasteiger partial charge in [0.05, 0.1) is 17.6 Å². The average Bonchev–Trinajstić information content (AvgIpc) is 3.31. The molecule has 0 unspecified atom stereocenters. The molecule has 3 aromatic heterocycles. The lowest BCUT2D eigenvalue weighted by molar-refractivity contribution is 0.0933. The fraction of sp³-hybridized carbons (Fsp3) is 0.300. The summed E-state index contributed by atoms with van der Waals surface area (Å²) in [6.07, 6.45) is 1.58. The highest BCUT2D eigenvalue weighted by Crippen LogP contribution is 2.32. The molecule has 0 fully saturated rings. The van der Waals surface area contributed by atoms with Crippen LogP contribution in [-0.4, -0.2) is 50.0 Å². The van der Waals surface area contributed by atoms with Crippen LogP contribution in [0.2, 0.25) is 0 Å². The number of hydrogen-bond donors (Lipinski definition) is 3. The molecule has 4 rings (SSSR count). The Hall–Kier alpha value is -3.50. The monoisotopic (exact) mass is 409 g/mol. The van der Waals surface area contributed by atoms with Crippen molar-refractivity contribution >= 4 is 22.9 Å². The Morgan fingerprint density at radius 2 is 2.10 bits per heavy atom. The third kappa shape index (κ3) is 3.58. The van der Waals surface area contributed by atoms with Crippen LogP contribution in [0.3, 0.4) is 0 Å². The number of imidazole rings is 1. The standard InChI is InChI=1S/C20H23N7O3/c1-12-10-16(26-30-12)20(2,28)13-4-5-14-15(11-13)27(17-6-7-22-18(21)25-17)19(24-14)23-8-9-29-3/h4-7,10-11,28H,8-9H2,1-3H3,(H,23,24)(H2,21,22,25)/t20-/m1/s1. The Morgan fingerprint density at radius 3 is 2.80 bits per heavy atom. The van der Waals surface area contributed by atoms with Gasteiger partial charge < -0.3 is 25.4 Å². The SMILES string of the molecule is COCCNc1nc2ccc([C@@](C)(O)c3cc(C)on3)cc2n1-c1ccnc(N)n1. The van der Waals surface area contributed by atoms with Crippen molar-refractivity contribution in [3.63, 3.8) is 0 Å². The highest BCUT2D eigenvalue weighted by atomic mass is 16.5. The molecular weight excluding hydrogens is 386 g/mol. The molecule has 0 radical (unpaired) electrons. The molecule has 0 aliphatic rings. The summed E-state index contributed by atoms with van der Waals surface area (Å²) in [6.45, 7) is 4.53. The average molecular weight is 409 g/mol. The number of nitrogens with zero attached hydrogens (tertiary/aromatic N) is 5. The first kappa shape index (κ1) is 19.8. The van der Waals surface area contributed by atoms with E-state index in [2.05, 4.69) is 25.4 Å². The van der Waals surface area contributed by atoms with E-state index in [-0.39, 0.29) is 5.95 Å². The van der Waals surface area contributed by atoms with Crippen molar-refractivity contribution < 1.29 is 14.4 Å². The van der Waals surface area contributed by atoms with E-state index in [9.17, 15) is 5.11 Å². The third-order valence-electron chi connectivity index (χ3n) is 4.82. The predicted molar refractivity (Wildman–Crippen MR) is 111 cm³/mol. The van der Waals surface area contributed by atoms with E-state index in [0.29, 0.717) is 41.9 Å².